The van der Waals surface area contributed by atoms with E-state index >= 15 is 0 Å². The molecule has 2 N–H and O–H groups in total. The van der Waals surface area contributed by atoms with Gasteiger partial charge in [-0.15, -0.1) is 0 Å². The molecular formula is C27H33N3O4. The lowest BCUT2D eigenvalue weighted by Crippen LogP contribution is -2.40. The number of para-hydroxylation sites is 1. The molecule has 2 aromatic rings. The van der Waals surface area contributed by atoms with Crippen LogP contribution in [0.1, 0.15) is 43.2 Å². The number of nitrogens with one attached hydrogen (secondary N) is 1. The average molecular weight is 464 g/mol. The van der Waals surface area contributed by atoms with Gasteiger partial charge >= 0.3 is 6.09 Å². The zero-order valence-electron chi connectivity index (χ0n) is 19.9. The van der Waals surface area contributed by atoms with Crippen molar-refractivity contribution in [3.8, 4) is 5.75 Å². The summed E-state index contributed by atoms with van der Waals surface area (Å²) in [6.07, 6.45) is 2.98. The Morgan fingerprint density at radius 2 is 1.82 bits per heavy atom. The smallest absolute Gasteiger partial charge is 0.427 e. The molecule has 0 radical (unpaired) electrons. The van der Waals surface area contributed by atoms with Crippen molar-refractivity contribution < 1.29 is 19.4 Å². The van der Waals surface area contributed by atoms with Crippen molar-refractivity contribution in [3.63, 3.8) is 0 Å². The van der Waals surface area contributed by atoms with E-state index in [-0.39, 0.29) is 24.2 Å². The third-order valence-electron chi connectivity index (χ3n) is 6.72. The Labute approximate surface area is 201 Å². The number of benzene rings is 2. The van der Waals surface area contributed by atoms with Gasteiger partial charge in [0, 0.05) is 29.7 Å². The fourth-order valence-corrected chi connectivity index (χ4v) is 4.92. The first-order valence-corrected chi connectivity index (χ1v) is 11.9. The Kier molecular flexibility index (Phi) is 7.85. The standard InChI is InChI=1S/C27H33N3O4/c1-19(28-29-27(32)33-2)22(17-30-15-9-4-10-16-30)25(20-11-5-3-6-12-20)23-18-34-24-14-8-7-13-21(24)26(23)31/h3,5-8,11-14,22,25,31H,4,9-10,15-18H2,1-2H3,(H,29,32)/b28-19-/t22-,25-/m1/s1. The number of fused-ring (bicyclic) bond motifs is 1. The van der Waals surface area contributed by atoms with Gasteiger partial charge in [-0.2, -0.15) is 5.10 Å². The number of aliphatic hydroxyl groups is 1. The van der Waals surface area contributed by atoms with Crippen molar-refractivity contribution >= 4 is 17.6 Å². The molecule has 2 atom stereocenters. The van der Waals surface area contributed by atoms with Gasteiger partial charge in [0.05, 0.1) is 12.7 Å². The highest BCUT2D eigenvalue weighted by atomic mass is 16.5. The molecule has 1 fully saturated rings. The average Bonchev–Trinajstić information content (AvgIpc) is 2.89. The summed E-state index contributed by atoms with van der Waals surface area (Å²) < 4.78 is 10.8. The highest BCUT2D eigenvalue weighted by Crippen LogP contribution is 2.42. The first kappa shape index (κ1) is 23.8. The van der Waals surface area contributed by atoms with Crippen LogP contribution in [0, 0.1) is 5.92 Å². The molecule has 0 saturated carbocycles. The lowest BCUT2D eigenvalue weighted by Gasteiger charge is -2.37. The third-order valence-corrected chi connectivity index (χ3v) is 6.72. The summed E-state index contributed by atoms with van der Waals surface area (Å²) >= 11 is 0. The maximum Gasteiger partial charge on any atom is 0.427 e. The maximum atomic E-state index is 11.7. The van der Waals surface area contributed by atoms with Crippen molar-refractivity contribution in [2.24, 2.45) is 11.0 Å². The highest BCUT2D eigenvalue weighted by molar-refractivity contribution is 5.87. The molecule has 7 nitrogen and oxygen atoms in total. The fourth-order valence-electron chi connectivity index (χ4n) is 4.92. The van der Waals surface area contributed by atoms with E-state index in [0.29, 0.717) is 11.3 Å². The lowest BCUT2D eigenvalue weighted by atomic mass is 9.76. The zero-order chi connectivity index (χ0) is 23.9. The normalized spacial score (nSPS) is 18.5. The monoisotopic (exact) mass is 463 g/mol. The Balaban J connectivity index is 1.79. The van der Waals surface area contributed by atoms with Gasteiger partial charge in [-0.25, -0.2) is 10.2 Å². The summed E-state index contributed by atoms with van der Waals surface area (Å²) in [4.78, 5) is 14.2. The Hall–Kier alpha value is -3.32. The van der Waals surface area contributed by atoms with Gasteiger partial charge in [0.2, 0.25) is 0 Å². The summed E-state index contributed by atoms with van der Waals surface area (Å²) in [5.41, 5.74) is 5.84. The van der Waals surface area contributed by atoms with Gasteiger partial charge in [0.15, 0.2) is 0 Å². The van der Waals surface area contributed by atoms with Crippen LogP contribution in [0.25, 0.3) is 5.76 Å². The number of methoxy groups -OCH3 is 1. The Bertz CT molecular complexity index is 1040. The molecule has 180 valence electrons. The topological polar surface area (TPSA) is 83.4 Å². The SMILES string of the molecule is COC(=O)N/N=C(/C)[C@@H](CN1CCCCC1)[C@H](C1=C(O)c2ccccc2OC1)c1ccccc1. The predicted octanol–water partition coefficient (Wildman–Crippen LogP) is 4.97. The molecule has 34 heavy (non-hydrogen) atoms. The molecule has 7 heteroatoms. The number of hydrogen-bond donors (Lipinski definition) is 2. The minimum absolute atomic E-state index is 0.0938. The van der Waals surface area contributed by atoms with Gasteiger partial charge in [-0.05, 0) is 50.6 Å². The number of hydrogen-bond acceptors (Lipinski definition) is 6. The number of hydrazone groups is 1. The van der Waals surface area contributed by atoms with Crippen molar-refractivity contribution in [1.82, 2.24) is 10.3 Å². The second-order valence-corrected chi connectivity index (χ2v) is 8.87. The van der Waals surface area contributed by atoms with E-state index in [2.05, 4.69) is 27.6 Å². The molecule has 4 rings (SSSR count). The summed E-state index contributed by atoms with van der Waals surface area (Å²) in [7, 11) is 1.32. The molecule has 0 aromatic heterocycles. The lowest BCUT2D eigenvalue weighted by molar-refractivity contribution is 0.171. The molecule has 2 aliphatic heterocycles. The summed E-state index contributed by atoms with van der Waals surface area (Å²) in [5.74, 6) is 0.664. The van der Waals surface area contributed by atoms with E-state index in [1.807, 2.05) is 49.4 Å². The number of aliphatic hydroxyl groups excluding tert-OH is 1. The summed E-state index contributed by atoms with van der Waals surface area (Å²) in [6, 6.07) is 17.7. The quantitative estimate of drug-likeness (QED) is 0.448. The number of nitrogens with zero attached hydrogens (tertiary/aromatic N) is 2. The largest absolute Gasteiger partial charge is 0.507 e. The molecule has 1 saturated heterocycles. The van der Waals surface area contributed by atoms with E-state index in [4.69, 9.17) is 9.47 Å². The minimum Gasteiger partial charge on any atom is -0.507 e. The van der Waals surface area contributed by atoms with E-state index < -0.39 is 6.09 Å². The number of ether oxygens (including phenoxy) is 2. The van der Waals surface area contributed by atoms with Gasteiger partial charge in [-0.3, -0.25) is 0 Å². The molecule has 2 aromatic carbocycles. The van der Waals surface area contributed by atoms with Crippen molar-refractivity contribution in [2.45, 2.75) is 32.1 Å². The van der Waals surface area contributed by atoms with E-state index in [9.17, 15) is 9.90 Å². The van der Waals surface area contributed by atoms with Crippen molar-refractivity contribution in [1.29, 1.82) is 0 Å². The van der Waals surface area contributed by atoms with Gasteiger partial charge in [0.25, 0.3) is 0 Å². The molecule has 2 heterocycles. The van der Waals surface area contributed by atoms with Gasteiger partial charge in [0.1, 0.15) is 18.1 Å². The van der Waals surface area contributed by atoms with Crippen LogP contribution < -0.4 is 10.2 Å². The zero-order valence-corrected chi connectivity index (χ0v) is 19.9. The van der Waals surface area contributed by atoms with E-state index in [0.717, 1.165) is 36.5 Å². The Morgan fingerprint density at radius 3 is 2.56 bits per heavy atom. The molecule has 0 spiro atoms. The number of likely N-dealkylation sites (tertiary alicyclic amines) is 1. The van der Waals surface area contributed by atoms with Crippen LogP contribution >= 0.6 is 0 Å². The molecule has 0 bridgehead atoms. The molecular weight excluding hydrogens is 430 g/mol. The minimum atomic E-state index is -0.607. The van der Waals surface area contributed by atoms with Crippen molar-refractivity contribution in [2.75, 3.05) is 33.4 Å². The molecule has 0 unspecified atom stereocenters. The summed E-state index contributed by atoms with van der Waals surface area (Å²) in [5, 5.41) is 15.8. The molecule has 1 amide bonds. The van der Waals surface area contributed by atoms with Crippen molar-refractivity contribution in [3.05, 3.63) is 71.3 Å². The first-order valence-electron chi connectivity index (χ1n) is 11.9. The van der Waals surface area contributed by atoms with E-state index in [1.165, 1.54) is 26.4 Å². The second-order valence-electron chi connectivity index (χ2n) is 8.87. The number of carbonyl (C=O) groups is 1. The maximum absolute atomic E-state index is 11.7. The third kappa shape index (κ3) is 5.42. The fraction of sp³-hybridized carbons (Fsp3) is 0.407. The molecule has 0 aliphatic carbocycles. The number of amides is 1. The Morgan fingerprint density at radius 1 is 1.12 bits per heavy atom. The van der Waals surface area contributed by atoms with Gasteiger partial charge < -0.3 is 19.5 Å². The number of carbonyl (C=O) groups excluding carboxylic acids is 1. The second kappa shape index (κ2) is 11.2. The van der Waals surface area contributed by atoms with Gasteiger partial charge in [-0.1, -0.05) is 48.9 Å². The van der Waals surface area contributed by atoms with Crippen LogP contribution in [0.15, 0.2) is 65.3 Å². The van der Waals surface area contributed by atoms with Crippen LogP contribution in [0.3, 0.4) is 0 Å². The number of rotatable bonds is 7. The van der Waals surface area contributed by atoms with Crippen LogP contribution in [-0.4, -0.2) is 55.2 Å². The highest BCUT2D eigenvalue weighted by Gasteiger charge is 2.35. The van der Waals surface area contributed by atoms with Crippen LogP contribution in [0.2, 0.25) is 0 Å². The predicted molar refractivity (Wildman–Crippen MR) is 133 cm³/mol. The number of piperidine rings is 1. The first-order chi connectivity index (χ1) is 16.6. The van der Waals surface area contributed by atoms with Crippen LogP contribution in [-0.2, 0) is 4.74 Å². The van der Waals surface area contributed by atoms with Crippen LogP contribution in [0.4, 0.5) is 4.79 Å². The van der Waals surface area contributed by atoms with E-state index in [1.54, 1.807) is 0 Å². The van der Waals surface area contributed by atoms with Crippen LogP contribution in [0.5, 0.6) is 5.75 Å². The summed E-state index contributed by atoms with van der Waals surface area (Å²) in [6.45, 7) is 5.03. The molecule has 2 aliphatic rings.